The Balaban J connectivity index is 0.000000956. The molecule has 1 aliphatic rings. The SMILES string of the molecule is CC.OC1(C#Cc2ccc(C(F)(F)F)cc2)CCNC1. The monoisotopic (exact) mass is 285 g/mol. The van der Waals surface area contributed by atoms with E-state index in [1.165, 1.54) is 12.1 Å². The van der Waals surface area contributed by atoms with Crippen LogP contribution in [-0.4, -0.2) is 23.8 Å². The Bertz CT molecular complexity index is 477. The van der Waals surface area contributed by atoms with Gasteiger partial charge in [-0.15, -0.1) is 0 Å². The van der Waals surface area contributed by atoms with E-state index >= 15 is 0 Å². The quantitative estimate of drug-likeness (QED) is 0.718. The van der Waals surface area contributed by atoms with Gasteiger partial charge in [-0.1, -0.05) is 25.7 Å². The van der Waals surface area contributed by atoms with Crippen molar-refractivity contribution >= 4 is 0 Å². The second-order valence-electron chi connectivity index (χ2n) is 4.28. The van der Waals surface area contributed by atoms with E-state index in [-0.39, 0.29) is 0 Å². The molecule has 0 radical (unpaired) electrons. The third-order valence-electron chi connectivity index (χ3n) is 2.78. The highest BCUT2D eigenvalue weighted by atomic mass is 19.4. The normalized spacial score (nSPS) is 21.5. The molecule has 5 heteroatoms. The molecule has 2 rings (SSSR count). The first kappa shape index (κ1) is 16.5. The molecule has 1 atom stereocenters. The van der Waals surface area contributed by atoms with Crippen LogP contribution in [0.3, 0.4) is 0 Å². The number of β-amino-alcohol motifs (C(OH)–C–C–N with tert-alkyl or cyclic N) is 1. The van der Waals surface area contributed by atoms with Crippen LogP contribution >= 0.6 is 0 Å². The second-order valence-corrected chi connectivity index (χ2v) is 4.28. The molecule has 0 saturated carbocycles. The van der Waals surface area contributed by atoms with Gasteiger partial charge >= 0.3 is 6.18 Å². The van der Waals surface area contributed by atoms with E-state index < -0.39 is 17.3 Å². The van der Waals surface area contributed by atoms with E-state index in [1.54, 1.807) is 0 Å². The number of alkyl halides is 3. The molecule has 0 spiro atoms. The number of aliphatic hydroxyl groups is 1. The first-order chi connectivity index (χ1) is 9.39. The lowest BCUT2D eigenvalue weighted by Gasteiger charge is -2.11. The molecule has 1 unspecified atom stereocenters. The van der Waals surface area contributed by atoms with E-state index in [9.17, 15) is 18.3 Å². The molecule has 2 N–H and O–H groups in total. The minimum Gasteiger partial charge on any atom is -0.376 e. The van der Waals surface area contributed by atoms with E-state index in [1.807, 2.05) is 13.8 Å². The van der Waals surface area contributed by atoms with Crippen LogP contribution in [0.4, 0.5) is 13.2 Å². The average Bonchev–Trinajstić information content (AvgIpc) is 2.86. The summed E-state index contributed by atoms with van der Waals surface area (Å²) in [7, 11) is 0. The number of benzene rings is 1. The largest absolute Gasteiger partial charge is 0.416 e. The number of halogens is 3. The van der Waals surface area contributed by atoms with E-state index in [4.69, 9.17) is 0 Å². The maximum atomic E-state index is 12.3. The molecule has 1 heterocycles. The van der Waals surface area contributed by atoms with Crippen molar-refractivity contribution < 1.29 is 18.3 Å². The molecule has 1 fully saturated rings. The van der Waals surface area contributed by atoms with Gasteiger partial charge in [0.15, 0.2) is 0 Å². The van der Waals surface area contributed by atoms with Crippen molar-refractivity contribution in [1.82, 2.24) is 5.32 Å². The molecule has 0 aliphatic carbocycles. The summed E-state index contributed by atoms with van der Waals surface area (Å²) < 4.78 is 37.0. The zero-order chi connectivity index (χ0) is 15.2. The number of hydrogen-bond donors (Lipinski definition) is 2. The summed E-state index contributed by atoms with van der Waals surface area (Å²) in [5.74, 6) is 5.39. The van der Waals surface area contributed by atoms with Crippen LogP contribution in [0.1, 0.15) is 31.4 Å². The van der Waals surface area contributed by atoms with Crippen LogP contribution in [0, 0.1) is 11.8 Å². The zero-order valence-electron chi connectivity index (χ0n) is 11.5. The maximum Gasteiger partial charge on any atom is 0.416 e. The highest BCUT2D eigenvalue weighted by Gasteiger charge is 2.30. The molecule has 1 aromatic carbocycles. The van der Waals surface area contributed by atoms with Gasteiger partial charge in [0.1, 0.15) is 5.60 Å². The van der Waals surface area contributed by atoms with Crippen molar-refractivity contribution in [2.75, 3.05) is 13.1 Å². The first-order valence-electron chi connectivity index (χ1n) is 6.53. The Morgan fingerprint density at radius 2 is 1.80 bits per heavy atom. The molecule has 1 aromatic rings. The fraction of sp³-hybridized carbons (Fsp3) is 0.467. The van der Waals surface area contributed by atoms with Gasteiger partial charge in [-0.25, -0.2) is 0 Å². The van der Waals surface area contributed by atoms with Gasteiger partial charge in [0.2, 0.25) is 0 Å². The fourth-order valence-corrected chi connectivity index (χ4v) is 1.72. The van der Waals surface area contributed by atoms with Crippen molar-refractivity contribution in [3.05, 3.63) is 35.4 Å². The lowest BCUT2D eigenvalue weighted by molar-refractivity contribution is -0.137. The molecule has 1 saturated heterocycles. The Labute approximate surface area is 117 Å². The summed E-state index contributed by atoms with van der Waals surface area (Å²) in [5.41, 5.74) is -1.31. The Morgan fingerprint density at radius 1 is 1.20 bits per heavy atom. The standard InChI is InChI=1S/C13H12F3NO.C2H6/c14-13(15,16)11-3-1-10(2-4-11)5-6-12(18)7-8-17-9-12;1-2/h1-4,17-18H,7-9H2;1-2H3. The molecule has 0 amide bonds. The van der Waals surface area contributed by atoms with Gasteiger partial charge in [-0.05, 0) is 30.8 Å². The van der Waals surface area contributed by atoms with E-state index in [0.29, 0.717) is 25.1 Å². The van der Waals surface area contributed by atoms with Crippen LogP contribution in [-0.2, 0) is 6.18 Å². The van der Waals surface area contributed by atoms with Gasteiger partial charge in [0.25, 0.3) is 0 Å². The molecule has 0 aromatic heterocycles. The Kier molecular flexibility index (Phi) is 5.61. The van der Waals surface area contributed by atoms with Crippen LogP contribution in [0.25, 0.3) is 0 Å². The minimum atomic E-state index is -4.33. The maximum absolute atomic E-state index is 12.3. The predicted molar refractivity (Wildman–Crippen MR) is 72.1 cm³/mol. The number of nitrogens with one attached hydrogen (secondary N) is 1. The number of rotatable bonds is 0. The van der Waals surface area contributed by atoms with Gasteiger partial charge < -0.3 is 10.4 Å². The Morgan fingerprint density at radius 3 is 2.25 bits per heavy atom. The van der Waals surface area contributed by atoms with Crippen LogP contribution in [0.2, 0.25) is 0 Å². The van der Waals surface area contributed by atoms with Crippen molar-refractivity contribution in [2.24, 2.45) is 0 Å². The summed E-state index contributed by atoms with van der Waals surface area (Å²) in [5, 5.41) is 12.9. The predicted octanol–water partition coefficient (Wildman–Crippen LogP) is 2.81. The molecule has 0 bridgehead atoms. The van der Waals surface area contributed by atoms with Crippen molar-refractivity contribution in [3.63, 3.8) is 0 Å². The summed E-state index contributed by atoms with van der Waals surface area (Å²) in [6.45, 7) is 5.08. The minimum absolute atomic E-state index is 0.390. The second kappa shape index (κ2) is 6.78. The van der Waals surface area contributed by atoms with E-state index in [0.717, 1.165) is 12.1 Å². The zero-order valence-corrected chi connectivity index (χ0v) is 11.5. The van der Waals surface area contributed by atoms with E-state index in [2.05, 4.69) is 17.2 Å². The van der Waals surface area contributed by atoms with Gasteiger partial charge in [0, 0.05) is 18.5 Å². The smallest absolute Gasteiger partial charge is 0.376 e. The summed E-state index contributed by atoms with van der Waals surface area (Å²) in [4.78, 5) is 0. The number of hydrogen-bond acceptors (Lipinski definition) is 2. The van der Waals surface area contributed by atoms with Gasteiger partial charge in [-0.2, -0.15) is 13.2 Å². The molecular weight excluding hydrogens is 267 g/mol. The fourth-order valence-electron chi connectivity index (χ4n) is 1.72. The average molecular weight is 285 g/mol. The Hall–Kier alpha value is -1.51. The van der Waals surface area contributed by atoms with Gasteiger partial charge in [-0.3, -0.25) is 0 Å². The third-order valence-corrected chi connectivity index (χ3v) is 2.78. The molecule has 2 nitrogen and oxygen atoms in total. The van der Waals surface area contributed by atoms with Crippen LogP contribution in [0.5, 0.6) is 0 Å². The van der Waals surface area contributed by atoms with Crippen molar-refractivity contribution in [3.8, 4) is 11.8 Å². The summed E-state index contributed by atoms with van der Waals surface area (Å²) in [6, 6.07) is 4.59. The van der Waals surface area contributed by atoms with Crippen molar-refractivity contribution in [2.45, 2.75) is 32.0 Å². The molecule has 1 aliphatic heterocycles. The topological polar surface area (TPSA) is 32.3 Å². The lowest BCUT2D eigenvalue weighted by Crippen LogP contribution is -2.28. The van der Waals surface area contributed by atoms with Crippen LogP contribution < -0.4 is 5.32 Å². The first-order valence-corrected chi connectivity index (χ1v) is 6.53. The lowest BCUT2D eigenvalue weighted by atomic mass is 10.0. The summed E-state index contributed by atoms with van der Waals surface area (Å²) in [6.07, 6.45) is -3.81. The summed E-state index contributed by atoms with van der Waals surface area (Å²) >= 11 is 0. The highest BCUT2D eigenvalue weighted by molar-refractivity contribution is 5.39. The third kappa shape index (κ3) is 4.55. The van der Waals surface area contributed by atoms with Crippen LogP contribution in [0.15, 0.2) is 24.3 Å². The molecule has 110 valence electrons. The molecule has 20 heavy (non-hydrogen) atoms. The van der Waals surface area contributed by atoms with Gasteiger partial charge in [0.05, 0.1) is 5.56 Å². The highest BCUT2D eigenvalue weighted by Crippen LogP contribution is 2.28. The van der Waals surface area contributed by atoms with Crippen molar-refractivity contribution in [1.29, 1.82) is 0 Å². The molecular formula is C15H18F3NO.